The molecule has 0 saturated heterocycles. The number of rotatable bonds is 5. The molecule has 5 heteroatoms. The lowest BCUT2D eigenvalue weighted by atomic mass is 10.0. The van der Waals surface area contributed by atoms with Gasteiger partial charge in [-0.1, -0.05) is 19.1 Å². The van der Waals surface area contributed by atoms with Crippen LogP contribution in [0.15, 0.2) is 24.3 Å². The van der Waals surface area contributed by atoms with Crippen molar-refractivity contribution in [2.24, 2.45) is 0 Å². The van der Waals surface area contributed by atoms with Gasteiger partial charge in [0.2, 0.25) is 0 Å². The molecule has 0 N–H and O–H groups in total. The Labute approximate surface area is 104 Å². The van der Waals surface area contributed by atoms with Gasteiger partial charge in [-0.3, -0.25) is 4.79 Å². The van der Waals surface area contributed by atoms with Gasteiger partial charge in [0.05, 0.1) is 5.56 Å². The molecule has 0 heterocycles. The summed E-state index contributed by atoms with van der Waals surface area (Å²) in [6.45, 7) is 3.95. The van der Waals surface area contributed by atoms with Crippen LogP contribution in [0.1, 0.15) is 36.2 Å². The molecule has 1 unspecified atom stereocenters. The van der Waals surface area contributed by atoms with E-state index in [4.69, 9.17) is 4.74 Å². The predicted octanol–water partition coefficient (Wildman–Crippen LogP) is 3.70. The summed E-state index contributed by atoms with van der Waals surface area (Å²) in [6, 6.07) is 4.19. The van der Waals surface area contributed by atoms with Gasteiger partial charge in [0.25, 0.3) is 0 Å². The van der Waals surface area contributed by atoms with Crippen LogP contribution < -0.4 is 0 Å². The van der Waals surface area contributed by atoms with Gasteiger partial charge >= 0.3 is 6.18 Å². The topological polar surface area (TPSA) is 26.3 Å². The lowest BCUT2D eigenvalue weighted by molar-refractivity contribution is -0.137. The SMILES string of the molecule is CCOC(CC)C(=O)c1ccc(C(F)(F)F)cc1. The summed E-state index contributed by atoms with van der Waals surface area (Å²) < 4.78 is 42.3. The Balaban J connectivity index is 2.88. The van der Waals surface area contributed by atoms with E-state index in [1.165, 1.54) is 12.1 Å². The number of hydrogen-bond donors (Lipinski definition) is 0. The number of alkyl halides is 3. The largest absolute Gasteiger partial charge is 0.416 e. The minimum Gasteiger partial charge on any atom is -0.370 e. The summed E-state index contributed by atoms with van der Waals surface area (Å²) in [5.74, 6) is -0.284. The van der Waals surface area contributed by atoms with E-state index < -0.39 is 17.8 Å². The Bertz CT molecular complexity index is 396. The van der Waals surface area contributed by atoms with Gasteiger partial charge in [0.1, 0.15) is 6.10 Å². The summed E-state index contributed by atoms with van der Waals surface area (Å²) in [6.07, 6.45) is -4.48. The second kappa shape index (κ2) is 6.00. The molecular weight excluding hydrogens is 245 g/mol. The van der Waals surface area contributed by atoms with Crippen molar-refractivity contribution >= 4 is 5.78 Å². The minimum atomic E-state index is -4.38. The monoisotopic (exact) mass is 260 g/mol. The van der Waals surface area contributed by atoms with Crippen LogP contribution >= 0.6 is 0 Å². The fourth-order valence-corrected chi connectivity index (χ4v) is 1.59. The third-order valence-corrected chi connectivity index (χ3v) is 2.53. The van der Waals surface area contributed by atoms with Crippen molar-refractivity contribution in [3.8, 4) is 0 Å². The van der Waals surface area contributed by atoms with Crippen LogP contribution in [0, 0.1) is 0 Å². The first kappa shape index (κ1) is 14.7. The number of ether oxygens (including phenoxy) is 1. The molecule has 0 saturated carbocycles. The van der Waals surface area contributed by atoms with Gasteiger partial charge in [-0.25, -0.2) is 0 Å². The van der Waals surface area contributed by atoms with E-state index >= 15 is 0 Å². The highest BCUT2D eigenvalue weighted by Gasteiger charge is 2.30. The Morgan fingerprint density at radius 3 is 2.17 bits per heavy atom. The van der Waals surface area contributed by atoms with Crippen molar-refractivity contribution < 1.29 is 22.7 Å². The molecule has 0 radical (unpaired) electrons. The highest BCUT2D eigenvalue weighted by Crippen LogP contribution is 2.29. The third kappa shape index (κ3) is 3.57. The number of carbonyl (C=O) groups excluding carboxylic acids is 1. The maximum absolute atomic E-state index is 12.4. The van der Waals surface area contributed by atoms with E-state index in [9.17, 15) is 18.0 Å². The number of Topliss-reactive ketones (excluding diaryl/α,β-unsaturated/α-hetero) is 1. The average molecular weight is 260 g/mol. The maximum atomic E-state index is 12.4. The molecule has 18 heavy (non-hydrogen) atoms. The van der Waals surface area contributed by atoms with Crippen molar-refractivity contribution in [3.63, 3.8) is 0 Å². The Kier molecular flexibility index (Phi) is 4.90. The zero-order chi connectivity index (χ0) is 13.8. The van der Waals surface area contributed by atoms with Gasteiger partial charge in [-0.2, -0.15) is 13.2 Å². The van der Waals surface area contributed by atoms with E-state index in [-0.39, 0.29) is 11.3 Å². The lowest BCUT2D eigenvalue weighted by Gasteiger charge is -2.14. The smallest absolute Gasteiger partial charge is 0.370 e. The van der Waals surface area contributed by atoms with Gasteiger partial charge in [0, 0.05) is 12.2 Å². The molecule has 1 aromatic rings. The first-order valence-electron chi connectivity index (χ1n) is 5.73. The number of hydrogen-bond acceptors (Lipinski definition) is 2. The average Bonchev–Trinajstić information content (AvgIpc) is 2.34. The standard InChI is InChI=1S/C13H15F3O2/c1-3-11(18-4-2)12(17)9-5-7-10(8-6-9)13(14,15)16/h5-8,11H,3-4H2,1-2H3. The van der Waals surface area contributed by atoms with Crippen LogP contribution in [-0.2, 0) is 10.9 Å². The highest BCUT2D eigenvalue weighted by atomic mass is 19.4. The Morgan fingerprint density at radius 1 is 1.22 bits per heavy atom. The first-order chi connectivity index (χ1) is 8.40. The Hall–Kier alpha value is -1.36. The number of ketones is 1. The molecule has 2 nitrogen and oxygen atoms in total. The van der Waals surface area contributed by atoms with Gasteiger partial charge in [-0.15, -0.1) is 0 Å². The zero-order valence-corrected chi connectivity index (χ0v) is 10.3. The number of benzene rings is 1. The van der Waals surface area contributed by atoms with Crippen molar-refractivity contribution in [1.29, 1.82) is 0 Å². The van der Waals surface area contributed by atoms with E-state index in [2.05, 4.69) is 0 Å². The van der Waals surface area contributed by atoms with Crippen LogP contribution in [0.25, 0.3) is 0 Å². The third-order valence-electron chi connectivity index (χ3n) is 2.53. The normalized spacial score (nSPS) is 13.4. The van der Waals surface area contributed by atoms with Crippen molar-refractivity contribution in [3.05, 3.63) is 35.4 Å². The molecule has 0 spiro atoms. The molecule has 0 bridgehead atoms. The molecule has 1 rings (SSSR count). The molecule has 0 aliphatic heterocycles. The minimum absolute atomic E-state index is 0.239. The first-order valence-corrected chi connectivity index (χ1v) is 5.73. The molecule has 0 aliphatic rings. The fraction of sp³-hybridized carbons (Fsp3) is 0.462. The van der Waals surface area contributed by atoms with Crippen LogP contribution in [0.4, 0.5) is 13.2 Å². The predicted molar refractivity (Wildman–Crippen MR) is 61.5 cm³/mol. The summed E-state index contributed by atoms with van der Waals surface area (Å²) in [4.78, 5) is 11.9. The van der Waals surface area contributed by atoms with Crippen molar-refractivity contribution in [2.75, 3.05) is 6.61 Å². The fourth-order valence-electron chi connectivity index (χ4n) is 1.59. The quantitative estimate of drug-likeness (QED) is 0.754. The van der Waals surface area contributed by atoms with Crippen LogP contribution in [0.5, 0.6) is 0 Å². The van der Waals surface area contributed by atoms with E-state index in [0.29, 0.717) is 13.0 Å². The van der Waals surface area contributed by atoms with Crippen LogP contribution in [-0.4, -0.2) is 18.5 Å². The Morgan fingerprint density at radius 2 is 1.78 bits per heavy atom. The molecule has 1 aromatic carbocycles. The van der Waals surface area contributed by atoms with Gasteiger partial charge in [-0.05, 0) is 25.5 Å². The van der Waals surface area contributed by atoms with E-state index in [1.54, 1.807) is 13.8 Å². The van der Waals surface area contributed by atoms with Crippen molar-refractivity contribution in [2.45, 2.75) is 32.5 Å². The second-order valence-corrected chi connectivity index (χ2v) is 3.79. The number of halogens is 3. The zero-order valence-electron chi connectivity index (χ0n) is 10.3. The summed E-state index contributed by atoms with van der Waals surface area (Å²) >= 11 is 0. The van der Waals surface area contributed by atoms with Crippen LogP contribution in [0.3, 0.4) is 0 Å². The highest BCUT2D eigenvalue weighted by molar-refractivity contribution is 5.99. The summed E-state index contributed by atoms with van der Waals surface area (Å²) in [5, 5.41) is 0. The molecule has 0 amide bonds. The molecule has 0 aromatic heterocycles. The van der Waals surface area contributed by atoms with E-state index in [0.717, 1.165) is 12.1 Å². The molecule has 0 aliphatic carbocycles. The summed E-state index contributed by atoms with van der Waals surface area (Å²) in [5.41, 5.74) is -0.521. The molecule has 100 valence electrons. The van der Waals surface area contributed by atoms with Gasteiger partial charge < -0.3 is 4.74 Å². The van der Waals surface area contributed by atoms with E-state index in [1.807, 2.05) is 0 Å². The molecular formula is C13H15F3O2. The summed E-state index contributed by atoms with van der Waals surface area (Å²) in [7, 11) is 0. The maximum Gasteiger partial charge on any atom is 0.416 e. The lowest BCUT2D eigenvalue weighted by Crippen LogP contribution is -2.23. The van der Waals surface area contributed by atoms with Gasteiger partial charge in [0.15, 0.2) is 5.78 Å². The van der Waals surface area contributed by atoms with Crippen molar-refractivity contribution in [1.82, 2.24) is 0 Å². The second-order valence-electron chi connectivity index (χ2n) is 3.79. The number of carbonyl (C=O) groups is 1. The van der Waals surface area contributed by atoms with Crippen LogP contribution in [0.2, 0.25) is 0 Å². The molecule has 1 atom stereocenters. The molecule has 0 fully saturated rings.